The normalized spacial score (nSPS) is 24.9. The maximum absolute atomic E-state index is 14.3. The molecule has 8 heteroatoms. The Kier molecular flexibility index (Phi) is 6.02. The summed E-state index contributed by atoms with van der Waals surface area (Å²) in [5.41, 5.74) is 2.06. The van der Waals surface area contributed by atoms with E-state index in [1.165, 1.54) is 16.6 Å². The summed E-state index contributed by atoms with van der Waals surface area (Å²) in [4.78, 5) is 16.5. The Hall–Kier alpha value is -3.32. The summed E-state index contributed by atoms with van der Waals surface area (Å²) in [6.45, 7) is 2.51. The first kappa shape index (κ1) is 25.0. The van der Waals surface area contributed by atoms with E-state index in [2.05, 4.69) is 17.0 Å². The third kappa shape index (κ3) is 4.08. The molecular formula is C30H27ClF3N3O. The number of alkyl halides is 3. The number of nitrogens with zero attached hydrogens (tertiary/aromatic N) is 3. The predicted octanol–water partition coefficient (Wildman–Crippen LogP) is 7.15. The van der Waals surface area contributed by atoms with Crippen molar-refractivity contribution in [3.05, 3.63) is 94.5 Å². The highest BCUT2D eigenvalue weighted by atomic mass is 35.5. The second-order valence-electron chi connectivity index (χ2n) is 10.6. The Morgan fingerprint density at radius 2 is 1.79 bits per heavy atom. The van der Waals surface area contributed by atoms with E-state index in [4.69, 9.17) is 16.7 Å². The maximum atomic E-state index is 14.3. The van der Waals surface area contributed by atoms with Gasteiger partial charge >= 0.3 is 6.18 Å². The van der Waals surface area contributed by atoms with Crippen molar-refractivity contribution in [3.63, 3.8) is 0 Å². The average molecular weight is 538 g/mol. The minimum atomic E-state index is -4.46. The van der Waals surface area contributed by atoms with Gasteiger partial charge in [0.25, 0.3) is 5.91 Å². The van der Waals surface area contributed by atoms with Crippen LogP contribution in [-0.2, 0) is 23.8 Å². The van der Waals surface area contributed by atoms with Crippen LogP contribution < -0.4 is 9.91 Å². The standard InChI is InChI=1S/C30H27ClF3N3O/c1-19-29(28(38)37(35-19)25-10-8-24(31)9-11-25)18-22-17-23(30(32,33)34)7-12-26(22)36-14-13-21(16-27(29)36)15-20-5-3-2-4-6-20/h2-12,17,21,27H,13-16,18H2,1H3. The Bertz CT molecular complexity index is 1410. The molecule has 3 aliphatic rings. The number of benzene rings is 3. The van der Waals surface area contributed by atoms with Gasteiger partial charge in [-0.25, -0.2) is 0 Å². The van der Waals surface area contributed by atoms with E-state index in [-0.39, 0.29) is 18.4 Å². The van der Waals surface area contributed by atoms with Crippen molar-refractivity contribution >= 4 is 34.6 Å². The fourth-order valence-electron chi connectivity index (χ4n) is 6.50. The number of fused-ring (bicyclic) bond motifs is 4. The number of carbonyl (C=O) groups excluding carboxylic acids is 1. The first-order valence-corrected chi connectivity index (χ1v) is 13.2. The zero-order valence-electron chi connectivity index (χ0n) is 20.9. The zero-order valence-corrected chi connectivity index (χ0v) is 21.6. The lowest BCUT2D eigenvalue weighted by Gasteiger charge is -2.52. The summed E-state index contributed by atoms with van der Waals surface area (Å²) in [5.74, 6) is 0.146. The van der Waals surface area contributed by atoms with E-state index in [0.717, 1.165) is 31.0 Å². The monoisotopic (exact) mass is 537 g/mol. The number of rotatable bonds is 3. The summed E-state index contributed by atoms with van der Waals surface area (Å²) in [5, 5.41) is 6.65. The maximum Gasteiger partial charge on any atom is 0.416 e. The van der Waals surface area contributed by atoms with Gasteiger partial charge in [-0.15, -0.1) is 0 Å². The molecule has 3 atom stereocenters. The molecule has 1 fully saturated rings. The molecule has 0 saturated carbocycles. The van der Waals surface area contributed by atoms with Gasteiger partial charge in [0, 0.05) is 23.3 Å². The van der Waals surface area contributed by atoms with Crippen molar-refractivity contribution in [1.82, 2.24) is 0 Å². The first-order valence-electron chi connectivity index (χ1n) is 12.8. The summed E-state index contributed by atoms with van der Waals surface area (Å²) in [7, 11) is 0. The molecule has 0 aromatic heterocycles. The van der Waals surface area contributed by atoms with Crippen molar-refractivity contribution in [2.75, 3.05) is 16.5 Å². The molecule has 3 aromatic rings. The van der Waals surface area contributed by atoms with Crippen LogP contribution in [0.5, 0.6) is 0 Å². The van der Waals surface area contributed by atoms with Crippen LogP contribution >= 0.6 is 11.6 Å². The number of hydrogen-bond donors (Lipinski definition) is 0. The molecule has 6 rings (SSSR count). The van der Waals surface area contributed by atoms with Crippen LogP contribution in [0.3, 0.4) is 0 Å². The highest BCUT2D eigenvalue weighted by Gasteiger charge is 2.60. The molecule has 0 aliphatic carbocycles. The van der Waals surface area contributed by atoms with Crippen LogP contribution in [0, 0.1) is 11.3 Å². The van der Waals surface area contributed by atoms with E-state index in [9.17, 15) is 18.0 Å². The number of hydrazone groups is 1. The number of amides is 1. The predicted molar refractivity (Wildman–Crippen MR) is 144 cm³/mol. The summed E-state index contributed by atoms with van der Waals surface area (Å²) in [6, 6.07) is 20.9. The molecule has 1 spiro atoms. The number of piperidine rings is 1. The largest absolute Gasteiger partial charge is 0.416 e. The lowest BCUT2D eigenvalue weighted by Crippen LogP contribution is -2.62. The van der Waals surface area contributed by atoms with Gasteiger partial charge in [-0.1, -0.05) is 41.9 Å². The average Bonchev–Trinajstić information content (AvgIpc) is 3.14. The first-order chi connectivity index (χ1) is 18.2. The van der Waals surface area contributed by atoms with Crippen molar-refractivity contribution in [3.8, 4) is 0 Å². The number of carbonyl (C=O) groups is 1. The number of halogens is 4. The molecule has 3 aliphatic heterocycles. The van der Waals surface area contributed by atoms with Crippen molar-refractivity contribution < 1.29 is 18.0 Å². The van der Waals surface area contributed by atoms with Gasteiger partial charge in [0.1, 0.15) is 5.41 Å². The summed E-state index contributed by atoms with van der Waals surface area (Å²) in [6.07, 6.45) is -1.73. The smallest absolute Gasteiger partial charge is 0.367 e. The zero-order chi connectivity index (χ0) is 26.7. The van der Waals surface area contributed by atoms with Crippen molar-refractivity contribution in [2.24, 2.45) is 16.4 Å². The number of hydrogen-bond acceptors (Lipinski definition) is 3. The third-order valence-electron chi connectivity index (χ3n) is 8.37. The van der Waals surface area contributed by atoms with Gasteiger partial charge in [0.05, 0.1) is 17.0 Å². The fourth-order valence-corrected chi connectivity index (χ4v) is 6.63. The Balaban J connectivity index is 1.43. The Labute approximate surface area is 224 Å². The fraction of sp³-hybridized carbons (Fsp3) is 0.333. The molecule has 3 unspecified atom stereocenters. The minimum Gasteiger partial charge on any atom is -0.367 e. The lowest BCUT2D eigenvalue weighted by molar-refractivity contribution is -0.137. The SMILES string of the molecule is CC1=NN(c2ccc(Cl)cc2)C(=O)C12Cc1cc(C(F)(F)F)ccc1N1CCC(Cc3ccccc3)CC12. The van der Waals surface area contributed by atoms with Gasteiger partial charge in [-0.2, -0.15) is 23.3 Å². The van der Waals surface area contributed by atoms with E-state index < -0.39 is 17.2 Å². The Morgan fingerprint density at radius 3 is 2.50 bits per heavy atom. The van der Waals surface area contributed by atoms with Crippen molar-refractivity contribution in [1.29, 1.82) is 0 Å². The van der Waals surface area contributed by atoms with E-state index in [1.54, 1.807) is 30.3 Å². The van der Waals surface area contributed by atoms with E-state index in [1.807, 2.05) is 25.1 Å². The quantitative estimate of drug-likeness (QED) is 0.355. The van der Waals surface area contributed by atoms with Gasteiger partial charge in [0.15, 0.2) is 0 Å². The van der Waals surface area contributed by atoms with Crippen LogP contribution in [-0.4, -0.2) is 24.2 Å². The Morgan fingerprint density at radius 1 is 1.05 bits per heavy atom. The van der Waals surface area contributed by atoms with E-state index >= 15 is 0 Å². The second kappa shape index (κ2) is 9.16. The van der Waals surface area contributed by atoms with Crippen molar-refractivity contribution in [2.45, 2.75) is 44.8 Å². The van der Waals surface area contributed by atoms with Crippen LogP contribution in [0.1, 0.15) is 36.5 Å². The third-order valence-corrected chi connectivity index (χ3v) is 8.63. The van der Waals surface area contributed by atoms with E-state index in [0.29, 0.717) is 34.4 Å². The topological polar surface area (TPSA) is 35.9 Å². The molecule has 0 bridgehead atoms. The highest BCUT2D eigenvalue weighted by Crippen LogP contribution is 2.51. The molecule has 1 amide bonds. The molecule has 196 valence electrons. The molecule has 1 saturated heterocycles. The molecule has 3 heterocycles. The molecular weight excluding hydrogens is 511 g/mol. The molecule has 4 nitrogen and oxygen atoms in total. The summed E-state index contributed by atoms with van der Waals surface area (Å²) < 4.78 is 41.0. The minimum absolute atomic E-state index is 0.184. The molecule has 38 heavy (non-hydrogen) atoms. The molecule has 0 radical (unpaired) electrons. The second-order valence-corrected chi connectivity index (χ2v) is 11.0. The van der Waals surface area contributed by atoms with Gasteiger partial charge in [-0.3, -0.25) is 4.79 Å². The van der Waals surface area contributed by atoms with Crippen LogP contribution in [0.4, 0.5) is 24.5 Å². The number of anilines is 2. The highest BCUT2D eigenvalue weighted by molar-refractivity contribution is 6.30. The van der Waals surface area contributed by atoms with Crippen LogP contribution in [0.15, 0.2) is 77.9 Å². The van der Waals surface area contributed by atoms with Crippen LogP contribution in [0.25, 0.3) is 0 Å². The van der Waals surface area contributed by atoms with Gasteiger partial charge in [-0.05, 0) is 92.1 Å². The van der Waals surface area contributed by atoms with Gasteiger partial charge < -0.3 is 4.90 Å². The van der Waals surface area contributed by atoms with Gasteiger partial charge in [0.2, 0.25) is 0 Å². The van der Waals surface area contributed by atoms with Crippen LogP contribution in [0.2, 0.25) is 5.02 Å². The molecule has 3 aromatic carbocycles. The summed E-state index contributed by atoms with van der Waals surface area (Å²) >= 11 is 6.07. The lowest BCUT2D eigenvalue weighted by atomic mass is 9.63. The molecule has 0 N–H and O–H groups in total.